The molecule has 0 unspecified atom stereocenters. The third-order valence-electron chi connectivity index (χ3n) is 2.88. The Bertz CT molecular complexity index is 699. The first-order valence-corrected chi connectivity index (χ1v) is 7.75. The largest absolute Gasteiger partial charge is 0.265 e. The molecular weight excluding hydrogens is 306 g/mol. The second kappa shape index (κ2) is 6.69. The highest BCUT2D eigenvalue weighted by atomic mass is 35.5. The predicted octanol–water partition coefficient (Wildman–Crippen LogP) is 3.05. The maximum Gasteiger partial charge on any atom is 0.214 e. The highest BCUT2D eigenvalue weighted by Crippen LogP contribution is 2.20. The van der Waals surface area contributed by atoms with Gasteiger partial charge < -0.3 is 0 Å². The van der Waals surface area contributed by atoms with E-state index >= 15 is 0 Å². The lowest BCUT2D eigenvalue weighted by atomic mass is 10.2. The summed E-state index contributed by atoms with van der Waals surface area (Å²) in [6.07, 6.45) is 4.55. The third kappa shape index (κ3) is 3.59. The van der Waals surface area contributed by atoms with E-state index < -0.39 is 0 Å². The van der Waals surface area contributed by atoms with E-state index in [0.717, 1.165) is 23.0 Å². The Morgan fingerprint density at radius 2 is 1.81 bits per heavy atom. The Hall–Kier alpha value is -1.92. The first kappa shape index (κ1) is 14.0. The van der Waals surface area contributed by atoms with Gasteiger partial charge in [0.25, 0.3) is 0 Å². The van der Waals surface area contributed by atoms with Gasteiger partial charge in [0.2, 0.25) is 5.16 Å². The first-order valence-electron chi connectivity index (χ1n) is 6.39. The van der Waals surface area contributed by atoms with Crippen LogP contribution in [0.15, 0.2) is 53.9 Å². The fourth-order valence-electron chi connectivity index (χ4n) is 1.82. The first-order chi connectivity index (χ1) is 10.3. The summed E-state index contributed by atoms with van der Waals surface area (Å²) in [7, 11) is 0. The molecule has 0 atom stereocenters. The summed E-state index contributed by atoms with van der Waals surface area (Å²) in [6.45, 7) is 0. The normalized spacial score (nSPS) is 10.7. The zero-order valence-electron chi connectivity index (χ0n) is 11.1. The summed E-state index contributed by atoms with van der Waals surface area (Å²) in [5.41, 5.74) is 2.15. The molecule has 0 aliphatic heterocycles. The van der Waals surface area contributed by atoms with E-state index in [4.69, 9.17) is 11.6 Å². The monoisotopic (exact) mass is 317 g/mol. The highest BCUT2D eigenvalue weighted by molar-refractivity contribution is 7.99. The van der Waals surface area contributed by atoms with Crippen LogP contribution in [-0.4, -0.2) is 30.9 Å². The van der Waals surface area contributed by atoms with Crippen molar-refractivity contribution in [3.8, 4) is 5.69 Å². The molecule has 3 rings (SSSR count). The molecule has 0 aliphatic rings. The van der Waals surface area contributed by atoms with E-state index in [-0.39, 0.29) is 0 Å². The van der Waals surface area contributed by atoms with Crippen LogP contribution >= 0.6 is 23.4 Å². The molecule has 106 valence electrons. The number of aryl methyl sites for hydroxylation is 1. The zero-order valence-corrected chi connectivity index (χ0v) is 12.6. The van der Waals surface area contributed by atoms with Crippen molar-refractivity contribution in [2.24, 2.45) is 0 Å². The van der Waals surface area contributed by atoms with E-state index in [1.54, 1.807) is 28.8 Å². The van der Waals surface area contributed by atoms with Gasteiger partial charge >= 0.3 is 0 Å². The SMILES string of the molecule is Clc1ccc(-n2nnnc2SCCc2ccncc2)cc1. The quantitative estimate of drug-likeness (QED) is 0.677. The molecule has 3 aromatic rings. The Labute approximate surface area is 131 Å². The molecule has 0 bridgehead atoms. The molecule has 7 heteroatoms. The van der Waals surface area contributed by atoms with Crippen molar-refractivity contribution in [3.63, 3.8) is 0 Å². The van der Waals surface area contributed by atoms with Crippen molar-refractivity contribution in [3.05, 3.63) is 59.4 Å². The second-order valence-corrected chi connectivity index (χ2v) is 5.80. The number of tetrazole rings is 1. The lowest BCUT2D eigenvalue weighted by molar-refractivity contribution is 0.756. The molecule has 0 saturated heterocycles. The van der Waals surface area contributed by atoms with E-state index in [9.17, 15) is 0 Å². The second-order valence-electron chi connectivity index (χ2n) is 4.30. The van der Waals surface area contributed by atoms with E-state index in [1.807, 2.05) is 36.4 Å². The Morgan fingerprint density at radius 3 is 2.57 bits per heavy atom. The van der Waals surface area contributed by atoms with Gasteiger partial charge in [0.15, 0.2) is 0 Å². The van der Waals surface area contributed by atoms with Crippen molar-refractivity contribution in [1.29, 1.82) is 0 Å². The fourth-order valence-corrected chi connectivity index (χ4v) is 2.83. The lowest BCUT2D eigenvalue weighted by Gasteiger charge is -2.04. The predicted molar refractivity (Wildman–Crippen MR) is 82.8 cm³/mol. The number of benzene rings is 1. The lowest BCUT2D eigenvalue weighted by Crippen LogP contribution is -1.99. The summed E-state index contributed by atoms with van der Waals surface area (Å²) in [5.74, 6) is 0.901. The molecule has 0 saturated carbocycles. The number of aromatic nitrogens is 5. The van der Waals surface area contributed by atoms with Gasteiger partial charge in [0.05, 0.1) is 5.69 Å². The molecule has 2 heterocycles. The molecule has 0 fully saturated rings. The third-order valence-corrected chi connectivity index (χ3v) is 4.06. The molecule has 21 heavy (non-hydrogen) atoms. The standard InChI is InChI=1S/C14H12ClN5S/c15-12-1-3-13(4-2-12)20-14(17-18-19-20)21-10-7-11-5-8-16-9-6-11/h1-6,8-9H,7,10H2. The van der Waals surface area contributed by atoms with E-state index in [1.165, 1.54) is 5.56 Å². The summed E-state index contributed by atoms with van der Waals surface area (Å²) >= 11 is 7.51. The number of nitrogens with zero attached hydrogens (tertiary/aromatic N) is 5. The van der Waals surface area contributed by atoms with Crippen LogP contribution in [-0.2, 0) is 6.42 Å². The summed E-state index contributed by atoms with van der Waals surface area (Å²) in [6, 6.07) is 11.5. The van der Waals surface area contributed by atoms with Gasteiger partial charge in [-0.1, -0.05) is 23.4 Å². The minimum atomic E-state index is 0.693. The van der Waals surface area contributed by atoms with Gasteiger partial charge in [-0.2, -0.15) is 4.68 Å². The van der Waals surface area contributed by atoms with Gasteiger partial charge in [-0.25, -0.2) is 0 Å². The van der Waals surface area contributed by atoms with Crippen LogP contribution in [0.3, 0.4) is 0 Å². The fraction of sp³-hybridized carbons (Fsp3) is 0.143. The van der Waals surface area contributed by atoms with Crippen LogP contribution < -0.4 is 0 Å². The van der Waals surface area contributed by atoms with Gasteiger partial charge in [-0.05, 0) is 58.8 Å². The maximum atomic E-state index is 5.89. The van der Waals surface area contributed by atoms with Crippen molar-refractivity contribution in [2.45, 2.75) is 11.6 Å². The molecule has 2 aromatic heterocycles. The minimum Gasteiger partial charge on any atom is -0.265 e. The minimum absolute atomic E-state index is 0.693. The summed E-state index contributed by atoms with van der Waals surface area (Å²) < 4.78 is 1.72. The molecule has 0 aliphatic carbocycles. The summed E-state index contributed by atoms with van der Waals surface area (Å²) in [4.78, 5) is 4.01. The maximum absolute atomic E-state index is 5.89. The van der Waals surface area contributed by atoms with Gasteiger partial charge in [-0.15, -0.1) is 5.10 Å². The average Bonchev–Trinajstić information content (AvgIpc) is 2.98. The van der Waals surface area contributed by atoms with Crippen LogP contribution in [0, 0.1) is 0 Å². The van der Waals surface area contributed by atoms with Crippen LogP contribution in [0.4, 0.5) is 0 Å². The van der Waals surface area contributed by atoms with Gasteiger partial charge in [-0.3, -0.25) is 4.98 Å². The summed E-state index contributed by atoms with van der Waals surface area (Å²) in [5, 5.41) is 13.3. The Balaban J connectivity index is 1.67. The van der Waals surface area contributed by atoms with Crippen molar-refractivity contribution >= 4 is 23.4 Å². The Kier molecular flexibility index (Phi) is 4.47. The van der Waals surface area contributed by atoms with Crippen molar-refractivity contribution < 1.29 is 0 Å². The number of rotatable bonds is 5. The van der Waals surface area contributed by atoms with Crippen LogP contribution in [0.1, 0.15) is 5.56 Å². The van der Waals surface area contributed by atoms with Gasteiger partial charge in [0, 0.05) is 23.2 Å². The van der Waals surface area contributed by atoms with Crippen LogP contribution in [0.25, 0.3) is 5.69 Å². The number of thioether (sulfide) groups is 1. The number of hydrogen-bond acceptors (Lipinski definition) is 5. The molecule has 1 aromatic carbocycles. The molecule has 0 radical (unpaired) electrons. The molecule has 0 spiro atoms. The van der Waals surface area contributed by atoms with Crippen molar-refractivity contribution in [2.75, 3.05) is 5.75 Å². The number of hydrogen-bond donors (Lipinski definition) is 0. The molecule has 0 N–H and O–H groups in total. The highest BCUT2D eigenvalue weighted by Gasteiger charge is 2.08. The van der Waals surface area contributed by atoms with Gasteiger partial charge in [0.1, 0.15) is 0 Å². The Morgan fingerprint density at radius 1 is 1.05 bits per heavy atom. The van der Waals surface area contributed by atoms with Crippen molar-refractivity contribution in [1.82, 2.24) is 25.2 Å². The van der Waals surface area contributed by atoms with Crippen LogP contribution in [0.2, 0.25) is 5.02 Å². The topological polar surface area (TPSA) is 56.5 Å². The van der Waals surface area contributed by atoms with Crippen LogP contribution in [0.5, 0.6) is 0 Å². The molecular formula is C14H12ClN5S. The number of pyridine rings is 1. The average molecular weight is 318 g/mol. The van der Waals surface area contributed by atoms with E-state index in [2.05, 4.69) is 20.5 Å². The molecule has 5 nitrogen and oxygen atoms in total. The number of halogens is 1. The molecule has 0 amide bonds. The van der Waals surface area contributed by atoms with E-state index in [0.29, 0.717) is 5.02 Å². The zero-order chi connectivity index (χ0) is 14.5. The smallest absolute Gasteiger partial charge is 0.214 e.